The van der Waals surface area contributed by atoms with Crippen molar-refractivity contribution in [2.75, 3.05) is 0 Å². The molecule has 0 aromatic heterocycles. The standard InChI is InChI=1S/C2H8AsN/c1-3(2)4/h4H2,1-2H3/i/hD2. The van der Waals surface area contributed by atoms with E-state index in [1.165, 1.54) is 0 Å². The topological polar surface area (TPSA) is 26.0 Å². The first-order chi connectivity index (χ1) is 2.64. The normalized spacial score (nSPS) is 17.0. The first kappa shape index (κ1) is 1.84. The van der Waals surface area contributed by atoms with Crippen LogP contribution in [0.15, 0.2) is 0 Å². The molecule has 0 unspecified atom stereocenters. The molecule has 0 rings (SSSR count). The van der Waals surface area contributed by atoms with E-state index in [1.54, 1.807) is 0 Å². The van der Waals surface area contributed by atoms with Gasteiger partial charge < -0.3 is 0 Å². The van der Waals surface area contributed by atoms with Gasteiger partial charge in [-0.15, -0.1) is 0 Å². The van der Waals surface area contributed by atoms with E-state index in [-0.39, 0.29) is 0 Å². The Morgan fingerprint density at radius 2 is 2.25 bits per heavy atom. The van der Waals surface area contributed by atoms with Crippen LogP contribution in [0.25, 0.3) is 0 Å². The maximum atomic E-state index is 6.60. The van der Waals surface area contributed by atoms with Crippen LogP contribution >= 0.6 is 0 Å². The van der Waals surface area contributed by atoms with Gasteiger partial charge in [-0.05, 0) is 0 Å². The minimum atomic E-state index is -1.13. The van der Waals surface area contributed by atoms with Crippen molar-refractivity contribution in [3.8, 4) is 0 Å². The second kappa shape index (κ2) is 1.80. The van der Waals surface area contributed by atoms with E-state index < -0.39 is 14.9 Å². The van der Waals surface area contributed by atoms with Crippen molar-refractivity contribution in [1.29, 1.82) is 0 Å². The van der Waals surface area contributed by atoms with E-state index in [9.17, 15) is 0 Å². The number of rotatable bonds is 1. The van der Waals surface area contributed by atoms with Crippen LogP contribution in [0.1, 0.15) is 0 Å². The van der Waals surface area contributed by atoms with E-state index >= 15 is 0 Å². The molecular weight excluding hydrogens is 113 g/mol. The summed E-state index contributed by atoms with van der Waals surface area (Å²) in [6, 6.07) is 0. The molecule has 0 radical (unpaired) electrons. The molecule has 0 heterocycles. The van der Waals surface area contributed by atoms with Gasteiger partial charge in [0, 0.05) is 0 Å². The van der Waals surface area contributed by atoms with Crippen molar-refractivity contribution in [2.45, 2.75) is 11.4 Å². The molecule has 0 aliphatic heterocycles. The second-order valence-electron chi connectivity index (χ2n) is 0.847. The molecule has 0 aliphatic rings. The van der Waals surface area contributed by atoms with E-state index in [4.69, 9.17) is 2.82 Å². The summed E-state index contributed by atoms with van der Waals surface area (Å²) < 4.78 is 14.0. The Morgan fingerprint density at radius 3 is 2.25 bits per heavy atom. The molecule has 0 fully saturated rings. The average molecular weight is 123 g/mol. The van der Waals surface area contributed by atoms with Crippen LogP contribution in [0.3, 0.4) is 0 Å². The molecule has 1 nitrogen and oxygen atoms in total. The van der Waals surface area contributed by atoms with Crippen LogP contribution in [0.4, 0.5) is 0 Å². The van der Waals surface area contributed by atoms with Crippen LogP contribution in [0.2, 0.25) is 14.2 Å². The molecule has 0 spiro atoms. The van der Waals surface area contributed by atoms with Gasteiger partial charge in [0.15, 0.2) is 0 Å². The number of hydrogen-bond acceptors (Lipinski definition) is 1. The van der Waals surface area contributed by atoms with Crippen molar-refractivity contribution >= 4 is 14.9 Å². The third-order valence-corrected chi connectivity index (χ3v) is 0. The molecule has 2 N–H and O–H groups in total. The van der Waals surface area contributed by atoms with Gasteiger partial charge in [-0.25, -0.2) is 0 Å². The van der Waals surface area contributed by atoms with Crippen LogP contribution in [0.5, 0.6) is 0 Å². The van der Waals surface area contributed by atoms with E-state index in [0.717, 1.165) is 4.64 Å². The predicted octanol–water partition coefficient (Wildman–Crippen LogP) is 0.196. The van der Waals surface area contributed by atoms with E-state index in [2.05, 4.69) is 0 Å². The Balaban J connectivity index is 2.99. The van der Waals surface area contributed by atoms with Gasteiger partial charge >= 0.3 is 33.8 Å². The molecule has 0 aliphatic carbocycles. The first-order valence-corrected chi connectivity index (χ1v) is 5.69. The van der Waals surface area contributed by atoms with Gasteiger partial charge in [0.25, 0.3) is 0 Å². The van der Waals surface area contributed by atoms with E-state index in [1.807, 2.05) is 11.4 Å². The van der Waals surface area contributed by atoms with E-state index in [0.29, 0.717) is 0 Å². The third-order valence-electron chi connectivity index (χ3n) is 0. The fourth-order valence-corrected chi connectivity index (χ4v) is 0. The second-order valence-corrected chi connectivity index (χ2v) is 4.40. The van der Waals surface area contributed by atoms with Crippen molar-refractivity contribution in [2.24, 2.45) is 4.64 Å². The van der Waals surface area contributed by atoms with Crippen molar-refractivity contribution in [3.63, 3.8) is 0 Å². The Labute approximate surface area is 34.6 Å². The average Bonchev–Trinajstić information content (AvgIpc) is 1.36. The molecule has 0 saturated heterocycles. The van der Waals surface area contributed by atoms with Crippen LogP contribution in [-0.2, 0) is 0 Å². The Morgan fingerprint density at radius 1 is 2.00 bits per heavy atom. The zero-order valence-electron chi connectivity index (χ0n) is 4.89. The number of hydrogen-bond donors (Lipinski definition) is 1. The summed E-state index contributed by atoms with van der Waals surface area (Å²) in [5, 5.41) is 0. The molecule has 2 heteroatoms. The van der Waals surface area contributed by atoms with Gasteiger partial charge in [-0.2, -0.15) is 0 Å². The van der Waals surface area contributed by atoms with Gasteiger partial charge in [-0.3, -0.25) is 0 Å². The fourth-order valence-electron chi connectivity index (χ4n) is 0. The molecule has 4 heavy (non-hydrogen) atoms. The van der Waals surface area contributed by atoms with Crippen LogP contribution < -0.4 is 4.64 Å². The molecule has 0 saturated carbocycles. The van der Waals surface area contributed by atoms with Gasteiger partial charge in [-0.1, -0.05) is 0 Å². The Kier molecular flexibility index (Phi) is 0.828. The predicted molar refractivity (Wildman–Crippen MR) is 21.7 cm³/mol. The monoisotopic (exact) mass is 123 g/mol. The first-order valence-electron chi connectivity index (χ1n) is 1.99. The zero-order valence-corrected chi connectivity index (χ0v) is 4.77. The summed E-state index contributed by atoms with van der Waals surface area (Å²) in [5.74, 6) is 0. The summed E-state index contributed by atoms with van der Waals surface area (Å²) >= 11 is -1.13. The maximum absolute atomic E-state index is 6.60. The zero-order chi connectivity index (χ0) is 5.15. The molecular formula is C2H8AsN. The summed E-state index contributed by atoms with van der Waals surface area (Å²) in [5.41, 5.74) is 3.88. The minimum absolute atomic E-state index is 0.812. The molecule has 0 amide bonds. The summed E-state index contributed by atoms with van der Waals surface area (Å²) in [6.07, 6.45) is 0. The summed E-state index contributed by atoms with van der Waals surface area (Å²) in [7, 11) is 0. The Bertz CT molecular complexity index is 32.5. The SMILES string of the molecule is [2H]N([2H])[As](C)C. The molecule has 0 bridgehead atoms. The van der Waals surface area contributed by atoms with Crippen molar-refractivity contribution in [1.82, 2.24) is 0 Å². The third kappa shape index (κ3) is 21.6. The molecule has 0 aromatic carbocycles. The summed E-state index contributed by atoms with van der Waals surface area (Å²) in [4.78, 5) is 0. The quantitative estimate of drug-likeness (QED) is 0.495. The van der Waals surface area contributed by atoms with Gasteiger partial charge in [0.1, 0.15) is 0 Å². The van der Waals surface area contributed by atoms with Crippen molar-refractivity contribution < 1.29 is 2.82 Å². The molecule has 0 aromatic rings. The van der Waals surface area contributed by atoms with Crippen LogP contribution in [-0.4, -0.2) is 14.9 Å². The number of nitrogens with two attached hydrogens (primary N) is 1. The molecule has 26 valence electrons. The molecule has 0 atom stereocenters. The fraction of sp³-hybridized carbons (Fsp3) is 1.00. The summed E-state index contributed by atoms with van der Waals surface area (Å²) in [6.45, 7) is 0. The van der Waals surface area contributed by atoms with Gasteiger partial charge in [0.05, 0.1) is 0 Å². The Hall–Kier alpha value is 0.518. The van der Waals surface area contributed by atoms with Crippen molar-refractivity contribution in [3.05, 3.63) is 0 Å². The van der Waals surface area contributed by atoms with Crippen LogP contribution in [0, 0.1) is 0 Å². The van der Waals surface area contributed by atoms with Gasteiger partial charge in [0.2, 0.25) is 0 Å².